The summed E-state index contributed by atoms with van der Waals surface area (Å²) in [7, 11) is 0. The number of anilines is 1. The third kappa shape index (κ3) is 2.17. The lowest BCUT2D eigenvalue weighted by molar-refractivity contribution is 0.579. The highest BCUT2D eigenvalue weighted by molar-refractivity contribution is 5.78. The molecule has 2 aromatic carbocycles. The Labute approximate surface area is 131 Å². The minimum atomic E-state index is 0.533. The molecular weight excluding hydrogens is 270 g/mol. The van der Waals surface area contributed by atoms with Crippen LogP contribution in [0.4, 0.5) is 5.69 Å². The molecule has 0 aromatic heterocycles. The maximum atomic E-state index is 9.16. The molecule has 2 N–H and O–H groups in total. The van der Waals surface area contributed by atoms with Gasteiger partial charge in [-0.1, -0.05) is 24.3 Å². The van der Waals surface area contributed by atoms with E-state index in [1.165, 1.54) is 23.2 Å². The Kier molecular flexibility index (Phi) is 3.32. The summed E-state index contributed by atoms with van der Waals surface area (Å²) in [5.41, 5.74) is 5.86. The molecule has 2 aliphatic heterocycles. The van der Waals surface area contributed by atoms with Crippen molar-refractivity contribution in [3.63, 3.8) is 0 Å². The summed E-state index contributed by atoms with van der Waals surface area (Å²) < 4.78 is 0. The Bertz CT molecular complexity index is 745. The molecule has 2 atom stereocenters. The average molecular weight is 289 g/mol. The third-order valence-electron chi connectivity index (χ3n) is 4.87. The molecule has 0 bridgehead atoms. The molecule has 0 amide bonds. The van der Waals surface area contributed by atoms with Gasteiger partial charge in [0.2, 0.25) is 0 Å². The molecule has 4 rings (SSSR count). The van der Waals surface area contributed by atoms with Crippen molar-refractivity contribution in [2.75, 3.05) is 18.4 Å². The second kappa shape index (κ2) is 5.47. The SMILES string of the molecule is N#Cc1cccc(-c2cccc3c2[C@@H]2CCNCC[C@@H]2N3)c1. The molecule has 110 valence electrons. The van der Waals surface area contributed by atoms with E-state index in [0.29, 0.717) is 12.0 Å². The summed E-state index contributed by atoms with van der Waals surface area (Å²) in [5.74, 6) is 0.562. The number of rotatable bonds is 1. The zero-order valence-corrected chi connectivity index (χ0v) is 12.5. The molecule has 0 aliphatic carbocycles. The molecular formula is C19H19N3. The zero-order valence-electron chi connectivity index (χ0n) is 12.5. The van der Waals surface area contributed by atoms with Crippen molar-refractivity contribution < 1.29 is 0 Å². The Hall–Kier alpha value is -2.31. The van der Waals surface area contributed by atoms with Crippen LogP contribution >= 0.6 is 0 Å². The monoisotopic (exact) mass is 289 g/mol. The third-order valence-corrected chi connectivity index (χ3v) is 4.87. The Morgan fingerprint density at radius 2 is 1.91 bits per heavy atom. The van der Waals surface area contributed by atoms with E-state index in [1.807, 2.05) is 18.2 Å². The van der Waals surface area contributed by atoms with Crippen molar-refractivity contribution >= 4 is 5.69 Å². The predicted octanol–water partition coefficient (Wildman–Crippen LogP) is 3.49. The number of fused-ring (bicyclic) bond motifs is 3. The van der Waals surface area contributed by atoms with Gasteiger partial charge in [-0.15, -0.1) is 0 Å². The Balaban J connectivity index is 1.83. The van der Waals surface area contributed by atoms with Crippen LogP contribution in [0.3, 0.4) is 0 Å². The number of benzene rings is 2. The first-order valence-electron chi connectivity index (χ1n) is 7.97. The largest absolute Gasteiger partial charge is 0.381 e. The van der Waals surface area contributed by atoms with E-state index in [9.17, 15) is 0 Å². The number of hydrogen-bond acceptors (Lipinski definition) is 3. The molecule has 0 unspecified atom stereocenters. The van der Waals surface area contributed by atoms with Gasteiger partial charge in [0.25, 0.3) is 0 Å². The van der Waals surface area contributed by atoms with Crippen molar-refractivity contribution in [2.24, 2.45) is 0 Å². The summed E-state index contributed by atoms with van der Waals surface area (Å²) in [6.45, 7) is 2.16. The fourth-order valence-corrected chi connectivity index (χ4v) is 3.86. The van der Waals surface area contributed by atoms with Crippen LogP contribution in [0.1, 0.15) is 29.9 Å². The molecule has 3 heteroatoms. The molecule has 1 fully saturated rings. The van der Waals surface area contributed by atoms with Crippen molar-refractivity contribution in [3.05, 3.63) is 53.6 Å². The van der Waals surface area contributed by atoms with Gasteiger partial charge in [0.05, 0.1) is 11.6 Å². The number of nitrogens with one attached hydrogen (secondary N) is 2. The zero-order chi connectivity index (χ0) is 14.9. The van der Waals surface area contributed by atoms with Gasteiger partial charge in [-0.3, -0.25) is 0 Å². The lowest BCUT2D eigenvalue weighted by atomic mass is 9.85. The topological polar surface area (TPSA) is 47.9 Å². The minimum absolute atomic E-state index is 0.533. The molecule has 2 aromatic rings. The summed E-state index contributed by atoms with van der Waals surface area (Å²) >= 11 is 0. The Morgan fingerprint density at radius 3 is 2.82 bits per heavy atom. The van der Waals surface area contributed by atoms with E-state index < -0.39 is 0 Å². The first kappa shape index (κ1) is 13.4. The van der Waals surface area contributed by atoms with Gasteiger partial charge < -0.3 is 10.6 Å². The quantitative estimate of drug-likeness (QED) is 0.845. The second-order valence-corrected chi connectivity index (χ2v) is 6.14. The minimum Gasteiger partial charge on any atom is -0.381 e. The summed E-state index contributed by atoms with van der Waals surface area (Å²) in [5, 5.41) is 16.4. The molecule has 0 saturated carbocycles. The molecule has 22 heavy (non-hydrogen) atoms. The molecule has 0 radical (unpaired) electrons. The van der Waals surface area contributed by atoms with Gasteiger partial charge >= 0.3 is 0 Å². The first-order chi connectivity index (χ1) is 10.9. The van der Waals surface area contributed by atoms with E-state index in [4.69, 9.17) is 5.26 Å². The molecule has 2 aliphatic rings. The summed E-state index contributed by atoms with van der Waals surface area (Å²) in [6.07, 6.45) is 2.33. The van der Waals surface area contributed by atoms with Crippen LogP contribution in [0.5, 0.6) is 0 Å². The van der Waals surface area contributed by atoms with Crippen LogP contribution in [0.2, 0.25) is 0 Å². The highest BCUT2D eigenvalue weighted by atomic mass is 15.0. The normalized spacial score (nSPS) is 22.9. The van der Waals surface area contributed by atoms with Crippen LogP contribution in [-0.4, -0.2) is 19.1 Å². The molecule has 0 spiro atoms. The van der Waals surface area contributed by atoms with Crippen molar-refractivity contribution in [3.8, 4) is 17.2 Å². The fourth-order valence-electron chi connectivity index (χ4n) is 3.86. The van der Waals surface area contributed by atoms with Gasteiger partial charge in [-0.2, -0.15) is 5.26 Å². The smallest absolute Gasteiger partial charge is 0.0991 e. The highest BCUT2D eigenvalue weighted by Crippen LogP contribution is 2.45. The van der Waals surface area contributed by atoms with E-state index >= 15 is 0 Å². The first-order valence-corrected chi connectivity index (χ1v) is 7.97. The van der Waals surface area contributed by atoms with E-state index in [1.54, 1.807) is 0 Å². The number of nitrogens with zero attached hydrogens (tertiary/aromatic N) is 1. The van der Waals surface area contributed by atoms with Crippen LogP contribution in [0.25, 0.3) is 11.1 Å². The van der Waals surface area contributed by atoms with Crippen LogP contribution in [0, 0.1) is 11.3 Å². The molecule has 1 saturated heterocycles. The van der Waals surface area contributed by atoms with Crippen molar-refractivity contribution in [2.45, 2.75) is 24.8 Å². The average Bonchev–Trinajstić information content (AvgIpc) is 2.76. The predicted molar refractivity (Wildman–Crippen MR) is 88.8 cm³/mol. The number of nitriles is 1. The summed E-state index contributed by atoms with van der Waals surface area (Å²) in [6, 6.07) is 17.2. The molecule has 2 heterocycles. The van der Waals surface area contributed by atoms with Gasteiger partial charge in [-0.25, -0.2) is 0 Å². The molecule has 3 nitrogen and oxygen atoms in total. The van der Waals surface area contributed by atoms with Crippen LogP contribution in [0.15, 0.2) is 42.5 Å². The lowest BCUT2D eigenvalue weighted by Crippen LogP contribution is -2.21. The van der Waals surface area contributed by atoms with Gasteiger partial charge in [0.15, 0.2) is 0 Å². The van der Waals surface area contributed by atoms with Gasteiger partial charge in [-0.05, 0) is 60.8 Å². The van der Waals surface area contributed by atoms with E-state index in [-0.39, 0.29) is 0 Å². The van der Waals surface area contributed by atoms with Crippen molar-refractivity contribution in [1.82, 2.24) is 5.32 Å². The fraction of sp³-hybridized carbons (Fsp3) is 0.316. The van der Waals surface area contributed by atoms with E-state index in [2.05, 4.69) is 41.0 Å². The van der Waals surface area contributed by atoms with Gasteiger partial charge in [0, 0.05) is 17.6 Å². The highest BCUT2D eigenvalue weighted by Gasteiger charge is 2.34. The van der Waals surface area contributed by atoms with Crippen LogP contribution < -0.4 is 10.6 Å². The van der Waals surface area contributed by atoms with Crippen molar-refractivity contribution in [1.29, 1.82) is 5.26 Å². The maximum absolute atomic E-state index is 9.16. The Morgan fingerprint density at radius 1 is 1.05 bits per heavy atom. The number of hydrogen-bond donors (Lipinski definition) is 2. The second-order valence-electron chi connectivity index (χ2n) is 6.14. The standard InChI is InChI=1S/C19H19N3/c20-12-13-3-1-4-14(11-13)15-5-2-6-18-19(15)16-7-9-21-10-8-17(16)22-18/h1-6,11,16-17,21-22H,7-10H2/t16-,17+/m1/s1. The van der Waals surface area contributed by atoms with Crippen LogP contribution in [-0.2, 0) is 0 Å². The van der Waals surface area contributed by atoms with Gasteiger partial charge in [0.1, 0.15) is 0 Å². The maximum Gasteiger partial charge on any atom is 0.0991 e. The lowest BCUT2D eigenvalue weighted by Gasteiger charge is -2.18. The van der Waals surface area contributed by atoms with E-state index in [0.717, 1.165) is 30.6 Å². The summed E-state index contributed by atoms with van der Waals surface area (Å²) in [4.78, 5) is 0.